The second kappa shape index (κ2) is 10.0. The number of benzene rings is 1. The lowest BCUT2D eigenvalue weighted by atomic mass is 9.92. The van der Waals surface area contributed by atoms with Gasteiger partial charge in [-0.15, -0.1) is 5.10 Å². The van der Waals surface area contributed by atoms with Gasteiger partial charge in [-0.05, 0) is 62.1 Å². The Balaban J connectivity index is 1.49. The number of nitrogens with one attached hydrogen (secondary N) is 3. The number of hydrogen-bond acceptors (Lipinski definition) is 8. The number of carbonyl (C=O) groups is 2. The first-order valence-electron chi connectivity index (χ1n) is 11.8. The Bertz CT molecular complexity index is 1380. The highest BCUT2D eigenvalue weighted by Gasteiger charge is 2.21. The van der Waals surface area contributed by atoms with Gasteiger partial charge in [0.1, 0.15) is 5.82 Å². The summed E-state index contributed by atoms with van der Waals surface area (Å²) in [7, 11) is 0. The zero-order valence-corrected chi connectivity index (χ0v) is 19.5. The van der Waals surface area contributed by atoms with Gasteiger partial charge in [-0.1, -0.05) is 0 Å². The number of aromatic nitrogens is 4. The van der Waals surface area contributed by atoms with E-state index in [0.29, 0.717) is 28.4 Å². The smallest absolute Gasteiger partial charge is 0.276 e. The van der Waals surface area contributed by atoms with Crippen molar-refractivity contribution >= 4 is 40.3 Å². The number of hydrogen-bond donors (Lipinski definition) is 5. The number of rotatable bonds is 7. The summed E-state index contributed by atoms with van der Waals surface area (Å²) in [6, 6.07) is 12.5. The van der Waals surface area contributed by atoms with Crippen LogP contribution < -0.4 is 27.4 Å². The molecule has 1 saturated carbocycles. The van der Waals surface area contributed by atoms with E-state index in [-0.39, 0.29) is 23.7 Å². The highest BCUT2D eigenvalue weighted by molar-refractivity contribution is 6.03. The Morgan fingerprint density at radius 3 is 2.39 bits per heavy atom. The molecule has 184 valence electrons. The molecule has 0 unspecified atom stereocenters. The van der Waals surface area contributed by atoms with Gasteiger partial charge in [0, 0.05) is 47.5 Å². The van der Waals surface area contributed by atoms with Crippen molar-refractivity contribution in [3.8, 4) is 0 Å². The fraction of sp³-hybridized carbons (Fsp3) is 0.240. The normalized spacial score (nSPS) is 17.5. The fourth-order valence-electron chi connectivity index (χ4n) is 4.26. The average Bonchev–Trinajstić information content (AvgIpc) is 3.31. The Labute approximate surface area is 207 Å². The van der Waals surface area contributed by atoms with Gasteiger partial charge in [-0.25, -0.2) is 9.50 Å². The second-order valence-electron chi connectivity index (χ2n) is 8.83. The first-order chi connectivity index (χ1) is 17.5. The molecule has 1 aromatic carbocycles. The van der Waals surface area contributed by atoms with E-state index in [2.05, 4.69) is 31.0 Å². The molecule has 0 aliphatic heterocycles. The van der Waals surface area contributed by atoms with E-state index in [1.807, 2.05) is 6.07 Å². The molecule has 4 aromatic rings. The van der Waals surface area contributed by atoms with E-state index in [1.165, 1.54) is 10.7 Å². The minimum Gasteiger partial charge on any atom is -0.366 e. The Kier molecular flexibility index (Phi) is 6.46. The van der Waals surface area contributed by atoms with Gasteiger partial charge < -0.3 is 27.4 Å². The number of primary amides is 1. The lowest BCUT2D eigenvalue weighted by Gasteiger charge is -2.27. The van der Waals surface area contributed by atoms with Crippen molar-refractivity contribution in [1.82, 2.24) is 19.6 Å². The quantitative estimate of drug-likeness (QED) is 0.266. The van der Waals surface area contributed by atoms with Crippen LogP contribution in [0.5, 0.6) is 0 Å². The van der Waals surface area contributed by atoms with Crippen LogP contribution in [-0.4, -0.2) is 43.5 Å². The molecule has 36 heavy (non-hydrogen) atoms. The van der Waals surface area contributed by atoms with E-state index in [1.54, 1.807) is 48.8 Å². The van der Waals surface area contributed by atoms with Gasteiger partial charge in [0.25, 0.3) is 5.91 Å². The maximum absolute atomic E-state index is 13.1. The third-order valence-electron chi connectivity index (χ3n) is 6.21. The summed E-state index contributed by atoms with van der Waals surface area (Å²) >= 11 is 0. The Hall–Kier alpha value is -4.51. The topological polar surface area (TPSA) is 165 Å². The van der Waals surface area contributed by atoms with Crippen molar-refractivity contribution in [2.75, 3.05) is 16.0 Å². The number of nitrogens with zero attached hydrogens (tertiary/aromatic N) is 4. The van der Waals surface area contributed by atoms with Crippen LogP contribution in [0, 0.1) is 0 Å². The summed E-state index contributed by atoms with van der Waals surface area (Å²) in [6.45, 7) is 0. The number of pyridine rings is 1. The minimum atomic E-state index is -0.496. The zero-order valence-electron chi connectivity index (χ0n) is 19.5. The summed E-state index contributed by atoms with van der Waals surface area (Å²) in [6.07, 6.45) is 8.47. The maximum Gasteiger partial charge on any atom is 0.276 e. The number of nitrogens with two attached hydrogens (primary N) is 2. The summed E-state index contributed by atoms with van der Waals surface area (Å²) in [5, 5.41) is 14.4. The Morgan fingerprint density at radius 2 is 1.69 bits per heavy atom. The Morgan fingerprint density at radius 1 is 0.972 bits per heavy atom. The minimum absolute atomic E-state index is 0.232. The molecule has 0 saturated heterocycles. The van der Waals surface area contributed by atoms with Crippen LogP contribution >= 0.6 is 0 Å². The van der Waals surface area contributed by atoms with Crippen LogP contribution in [0.4, 0.5) is 22.9 Å². The molecule has 5 rings (SSSR count). The third-order valence-corrected chi connectivity index (χ3v) is 6.21. The molecule has 1 fully saturated rings. The molecule has 0 atom stereocenters. The highest BCUT2D eigenvalue weighted by atomic mass is 16.2. The van der Waals surface area contributed by atoms with Crippen molar-refractivity contribution in [2.45, 2.75) is 37.8 Å². The van der Waals surface area contributed by atoms with E-state index in [4.69, 9.17) is 11.5 Å². The number of anilines is 4. The van der Waals surface area contributed by atoms with Crippen molar-refractivity contribution in [2.24, 2.45) is 11.5 Å². The predicted molar refractivity (Wildman–Crippen MR) is 137 cm³/mol. The highest BCUT2D eigenvalue weighted by Crippen LogP contribution is 2.27. The van der Waals surface area contributed by atoms with E-state index in [0.717, 1.165) is 31.4 Å². The summed E-state index contributed by atoms with van der Waals surface area (Å²) in [5.41, 5.74) is 14.6. The molecule has 3 aromatic heterocycles. The van der Waals surface area contributed by atoms with Gasteiger partial charge in [-0.3, -0.25) is 14.6 Å². The van der Waals surface area contributed by atoms with Crippen LogP contribution in [0.3, 0.4) is 0 Å². The van der Waals surface area contributed by atoms with Crippen LogP contribution in [0.15, 0.2) is 61.1 Å². The third kappa shape index (κ3) is 5.10. The number of fused-ring (bicyclic) bond motifs is 1. The molecular weight excluding hydrogens is 458 g/mol. The average molecular weight is 486 g/mol. The number of carbonyl (C=O) groups excluding carboxylic acids is 2. The molecule has 2 amide bonds. The molecule has 0 radical (unpaired) electrons. The van der Waals surface area contributed by atoms with Crippen LogP contribution in [0.25, 0.3) is 5.65 Å². The van der Waals surface area contributed by atoms with E-state index < -0.39 is 5.91 Å². The standard InChI is InChI=1S/C25H27N9O2/c26-16-3-7-18(8-4-16)31-22-13-20(30-17-5-1-15(2-6-17)23(27)35)24-29-14-21(34(24)33-22)25(36)32-19-9-11-28-12-10-19/h1-2,5-6,9-14,16,18,30H,3-4,7-8,26H2,(H2,27,35)(H,31,33)(H,28,32,36)/t16-,18-. The van der Waals surface area contributed by atoms with Crippen molar-refractivity contribution in [3.05, 3.63) is 72.3 Å². The van der Waals surface area contributed by atoms with Crippen LogP contribution in [0.1, 0.15) is 46.5 Å². The van der Waals surface area contributed by atoms with Gasteiger partial charge in [-0.2, -0.15) is 0 Å². The lowest BCUT2D eigenvalue weighted by molar-refractivity contribution is 0.0996. The summed E-state index contributed by atoms with van der Waals surface area (Å²) < 4.78 is 1.52. The summed E-state index contributed by atoms with van der Waals surface area (Å²) in [4.78, 5) is 32.9. The molecule has 11 heteroatoms. The SMILES string of the molecule is NC(=O)c1ccc(Nc2cc(N[C@H]3CC[C@H](N)CC3)nn3c(C(=O)Nc4ccncc4)cnc23)cc1. The van der Waals surface area contributed by atoms with Crippen molar-refractivity contribution in [1.29, 1.82) is 0 Å². The molecular formula is C25H27N9O2. The monoisotopic (exact) mass is 485 g/mol. The van der Waals surface area contributed by atoms with Gasteiger partial charge in [0.2, 0.25) is 5.91 Å². The van der Waals surface area contributed by atoms with Gasteiger partial charge in [0.15, 0.2) is 11.3 Å². The molecule has 0 spiro atoms. The first-order valence-corrected chi connectivity index (χ1v) is 11.8. The summed E-state index contributed by atoms with van der Waals surface area (Å²) in [5.74, 6) is -0.237. The molecule has 1 aliphatic rings. The first kappa shape index (κ1) is 23.2. The predicted octanol–water partition coefficient (Wildman–Crippen LogP) is 2.90. The van der Waals surface area contributed by atoms with E-state index >= 15 is 0 Å². The number of imidazole rings is 1. The molecule has 3 heterocycles. The van der Waals surface area contributed by atoms with Crippen LogP contribution in [0.2, 0.25) is 0 Å². The van der Waals surface area contributed by atoms with E-state index in [9.17, 15) is 9.59 Å². The number of amides is 2. The lowest BCUT2D eigenvalue weighted by Crippen LogP contribution is -2.33. The fourth-order valence-corrected chi connectivity index (χ4v) is 4.26. The molecule has 7 N–H and O–H groups in total. The zero-order chi connectivity index (χ0) is 25.1. The molecule has 11 nitrogen and oxygen atoms in total. The van der Waals surface area contributed by atoms with Crippen molar-refractivity contribution < 1.29 is 9.59 Å². The van der Waals surface area contributed by atoms with Gasteiger partial charge >= 0.3 is 0 Å². The largest absolute Gasteiger partial charge is 0.366 e. The second-order valence-corrected chi connectivity index (χ2v) is 8.83. The molecule has 0 bridgehead atoms. The van der Waals surface area contributed by atoms with Crippen molar-refractivity contribution in [3.63, 3.8) is 0 Å². The molecule has 1 aliphatic carbocycles. The van der Waals surface area contributed by atoms with Gasteiger partial charge in [0.05, 0.1) is 11.9 Å². The van der Waals surface area contributed by atoms with Crippen LogP contribution in [-0.2, 0) is 0 Å². The maximum atomic E-state index is 13.1.